The van der Waals surface area contributed by atoms with Gasteiger partial charge in [0, 0.05) is 19.7 Å². The van der Waals surface area contributed by atoms with Crippen molar-refractivity contribution < 1.29 is 26.4 Å². The van der Waals surface area contributed by atoms with E-state index < -0.39 is 20.0 Å². The summed E-state index contributed by atoms with van der Waals surface area (Å²) in [4.78, 5) is 12.7. The Morgan fingerprint density at radius 2 is 1.50 bits per heavy atom. The van der Waals surface area contributed by atoms with Crippen molar-refractivity contribution >= 4 is 31.6 Å². The Labute approximate surface area is 225 Å². The van der Waals surface area contributed by atoms with E-state index in [1.807, 2.05) is 26.0 Å². The van der Waals surface area contributed by atoms with E-state index in [1.165, 1.54) is 36.8 Å². The summed E-state index contributed by atoms with van der Waals surface area (Å²) in [5.41, 5.74) is 3.85. The summed E-state index contributed by atoms with van der Waals surface area (Å²) < 4.78 is 57.3. The molecule has 0 unspecified atom stereocenters. The van der Waals surface area contributed by atoms with Crippen molar-refractivity contribution in [3.8, 4) is 5.75 Å². The summed E-state index contributed by atoms with van der Waals surface area (Å²) in [7, 11) is -4.09. The maximum atomic E-state index is 12.5. The summed E-state index contributed by atoms with van der Waals surface area (Å²) in [5, 5.41) is 2.77. The molecule has 0 radical (unpaired) electrons. The number of hydrogen-bond donors (Lipinski definition) is 1. The lowest BCUT2D eigenvalue weighted by molar-refractivity contribution is 0.0947. The van der Waals surface area contributed by atoms with E-state index in [4.69, 9.17) is 4.74 Å². The summed E-state index contributed by atoms with van der Waals surface area (Å²) in [6, 6.07) is 18.3. The van der Waals surface area contributed by atoms with Gasteiger partial charge >= 0.3 is 0 Å². The molecule has 0 bridgehead atoms. The van der Waals surface area contributed by atoms with Crippen molar-refractivity contribution in [3.05, 3.63) is 89.0 Å². The van der Waals surface area contributed by atoms with E-state index in [0.717, 1.165) is 21.0 Å². The van der Waals surface area contributed by atoms with Crippen LogP contribution in [0, 0.1) is 13.8 Å². The zero-order valence-electron chi connectivity index (χ0n) is 22.1. The van der Waals surface area contributed by atoms with Gasteiger partial charge in [0.25, 0.3) is 5.91 Å². The van der Waals surface area contributed by atoms with Gasteiger partial charge in [-0.15, -0.1) is 0 Å². The molecule has 3 aromatic rings. The van der Waals surface area contributed by atoms with Crippen LogP contribution in [-0.4, -0.2) is 60.6 Å². The largest absolute Gasteiger partial charge is 0.492 e. The highest BCUT2D eigenvalue weighted by atomic mass is 32.2. The Hall–Kier alpha value is -3.41. The molecule has 0 spiro atoms. The van der Waals surface area contributed by atoms with Crippen molar-refractivity contribution in [1.29, 1.82) is 0 Å². The molecular formula is C27H33N3O6S2. The summed E-state index contributed by atoms with van der Waals surface area (Å²) in [6.45, 7) is 4.49. The second-order valence-electron chi connectivity index (χ2n) is 9.10. The smallest absolute Gasteiger partial charge is 0.251 e. The monoisotopic (exact) mass is 559 g/mol. The molecule has 0 saturated carbocycles. The standard InChI is InChI=1S/C27H33N3O6S2/c1-20-6-11-24(18-21(20)2)30(37(5,32)33)19-22-7-9-23(10-8-22)27(31)28-16-17-36-25-12-14-26(15-13-25)38(34,35)29(3)4/h6-15,18H,16-17,19H2,1-5H3,(H,28,31). The number of hydrogen-bond acceptors (Lipinski definition) is 6. The van der Waals surface area contributed by atoms with E-state index in [-0.39, 0.29) is 30.5 Å². The number of nitrogens with one attached hydrogen (secondary N) is 1. The minimum Gasteiger partial charge on any atom is -0.492 e. The molecule has 38 heavy (non-hydrogen) atoms. The van der Waals surface area contributed by atoms with E-state index in [1.54, 1.807) is 42.5 Å². The molecule has 11 heteroatoms. The minimum absolute atomic E-state index is 0.145. The molecule has 3 rings (SSSR count). The average Bonchev–Trinajstić information content (AvgIpc) is 2.86. The topological polar surface area (TPSA) is 113 Å². The number of nitrogens with zero attached hydrogens (tertiary/aromatic N) is 2. The van der Waals surface area contributed by atoms with Crippen LogP contribution < -0.4 is 14.4 Å². The first-order valence-corrected chi connectivity index (χ1v) is 15.2. The lowest BCUT2D eigenvalue weighted by Crippen LogP contribution is -2.29. The maximum Gasteiger partial charge on any atom is 0.251 e. The van der Waals surface area contributed by atoms with Crippen molar-refractivity contribution in [2.45, 2.75) is 25.3 Å². The van der Waals surface area contributed by atoms with Crippen LogP contribution in [0.3, 0.4) is 0 Å². The first-order valence-electron chi connectivity index (χ1n) is 11.9. The molecule has 0 atom stereocenters. The van der Waals surface area contributed by atoms with E-state index >= 15 is 0 Å². The molecule has 204 valence electrons. The van der Waals surface area contributed by atoms with Crippen LogP contribution in [0.15, 0.2) is 71.6 Å². The first kappa shape index (κ1) is 29.2. The number of rotatable bonds is 11. The summed E-state index contributed by atoms with van der Waals surface area (Å²) >= 11 is 0. The van der Waals surface area contributed by atoms with Crippen molar-refractivity contribution in [2.75, 3.05) is 37.8 Å². The predicted octanol–water partition coefficient (Wildman–Crippen LogP) is 3.33. The Bertz CT molecular complexity index is 1480. The highest BCUT2D eigenvalue weighted by Crippen LogP contribution is 2.24. The molecule has 0 aromatic heterocycles. The van der Waals surface area contributed by atoms with Gasteiger partial charge in [-0.3, -0.25) is 9.10 Å². The van der Waals surface area contributed by atoms with Crippen molar-refractivity contribution in [3.63, 3.8) is 0 Å². The molecule has 9 nitrogen and oxygen atoms in total. The first-order chi connectivity index (χ1) is 17.8. The highest BCUT2D eigenvalue weighted by Gasteiger charge is 2.19. The van der Waals surface area contributed by atoms with Crippen LogP contribution in [0.1, 0.15) is 27.0 Å². The molecule has 0 heterocycles. The number of benzene rings is 3. The van der Waals surface area contributed by atoms with Gasteiger partial charge < -0.3 is 10.1 Å². The van der Waals surface area contributed by atoms with Crippen LogP contribution in [0.2, 0.25) is 0 Å². The number of amides is 1. The lowest BCUT2D eigenvalue weighted by atomic mass is 10.1. The molecule has 0 aliphatic rings. The van der Waals surface area contributed by atoms with Crippen LogP contribution in [-0.2, 0) is 26.6 Å². The third kappa shape index (κ3) is 7.33. The van der Waals surface area contributed by atoms with Crippen LogP contribution in [0.4, 0.5) is 5.69 Å². The van der Waals surface area contributed by atoms with Gasteiger partial charge in [0.05, 0.1) is 29.9 Å². The van der Waals surface area contributed by atoms with Crippen LogP contribution >= 0.6 is 0 Å². The third-order valence-corrected chi connectivity index (χ3v) is 8.95. The number of aryl methyl sites for hydroxylation is 2. The van der Waals surface area contributed by atoms with Gasteiger partial charge in [-0.25, -0.2) is 21.1 Å². The number of ether oxygens (including phenoxy) is 1. The molecule has 1 N–H and O–H groups in total. The molecule has 0 saturated heterocycles. The Balaban J connectivity index is 1.55. The van der Waals surface area contributed by atoms with Gasteiger partial charge in [0.2, 0.25) is 20.0 Å². The maximum absolute atomic E-state index is 12.5. The van der Waals surface area contributed by atoms with Crippen LogP contribution in [0.5, 0.6) is 5.75 Å². The minimum atomic E-state index is -3.52. The number of carbonyl (C=O) groups excluding carboxylic acids is 1. The SMILES string of the molecule is Cc1ccc(N(Cc2ccc(C(=O)NCCOc3ccc(S(=O)(=O)N(C)C)cc3)cc2)S(C)(=O)=O)cc1C. The highest BCUT2D eigenvalue weighted by molar-refractivity contribution is 7.92. The second kappa shape index (κ2) is 12.0. The zero-order valence-corrected chi connectivity index (χ0v) is 23.8. The summed E-state index contributed by atoms with van der Waals surface area (Å²) in [6.07, 6.45) is 1.17. The molecule has 1 amide bonds. The molecule has 0 aliphatic carbocycles. The second-order valence-corrected chi connectivity index (χ2v) is 13.2. The van der Waals surface area contributed by atoms with E-state index in [9.17, 15) is 21.6 Å². The lowest BCUT2D eigenvalue weighted by Gasteiger charge is -2.23. The molecule has 3 aromatic carbocycles. The molecule has 0 fully saturated rings. The van der Waals surface area contributed by atoms with Crippen molar-refractivity contribution in [2.24, 2.45) is 0 Å². The number of carbonyl (C=O) groups is 1. The zero-order chi connectivity index (χ0) is 28.1. The third-order valence-electron chi connectivity index (χ3n) is 5.98. The normalized spacial score (nSPS) is 11.8. The quantitative estimate of drug-likeness (QED) is 0.361. The van der Waals surface area contributed by atoms with Gasteiger partial charge in [0.15, 0.2) is 0 Å². The van der Waals surface area contributed by atoms with Crippen molar-refractivity contribution in [1.82, 2.24) is 9.62 Å². The fourth-order valence-corrected chi connectivity index (χ4v) is 5.34. The van der Waals surface area contributed by atoms with Gasteiger partial charge in [-0.1, -0.05) is 18.2 Å². The number of anilines is 1. The Kier molecular flexibility index (Phi) is 9.18. The summed E-state index contributed by atoms with van der Waals surface area (Å²) in [5.74, 6) is 0.196. The van der Waals surface area contributed by atoms with E-state index in [0.29, 0.717) is 17.0 Å². The average molecular weight is 560 g/mol. The van der Waals surface area contributed by atoms with Gasteiger partial charge in [-0.2, -0.15) is 0 Å². The Morgan fingerprint density at radius 1 is 0.868 bits per heavy atom. The predicted molar refractivity (Wildman–Crippen MR) is 149 cm³/mol. The fourth-order valence-electron chi connectivity index (χ4n) is 3.56. The van der Waals surface area contributed by atoms with E-state index in [2.05, 4.69) is 5.32 Å². The Morgan fingerprint density at radius 3 is 2.05 bits per heavy atom. The van der Waals surface area contributed by atoms with Crippen LogP contribution in [0.25, 0.3) is 0 Å². The fraction of sp³-hybridized carbons (Fsp3) is 0.296. The van der Waals surface area contributed by atoms with Gasteiger partial charge in [-0.05, 0) is 79.1 Å². The van der Waals surface area contributed by atoms with Gasteiger partial charge in [0.1, 0.15) is 12.4 Å². The molecule has 0 aliphatic heterocycles. The molecular weight excluding hydrogens is 526 g/mol. The number of sulfonamides is 2.